The van der Waals surface area contributed by atoms with Gasteiger partial charge in [0.2, 0.25) is 0 Å². The van der Waals surface area contributed by atoms with Crippen molar-refractivity contribution in [3.63, 3.8) is 0 Å². The fraction of sp³-hybridized carbons (Fsp3) is 0.875. The molecule has 0 heterocycles. The van der Waals surface area contributed by atoms with E-state index >= 15 is 0 Å². The van der Waals surface area contributed by atoms with Gasteiger partial charge < -0.3 is 5.73 Å². The molecule has 3 heteroatoms. The second-order valence-corrected chi connectivity index (χ2v) is 4.33. The average Bonchev–Trinajstić information content (AvgIpc) is 1.87. The molecule has 0 aliphatic carbocycles. The minimum Gasteiger partial charge on any atom is -0.379 e. The lowest BCUT2D eigenvalue weighted by Gasteiger charge is -2.17. The molecule has 0 saturated carbocycles. The molecule has 11 heavy (non-hydrogen) atoms. The molecular weight excluding hydrogens is 156 g/mol. The quantitative estimate of drug-likeness (QED) is 0.526. The third-order valence-corrected chi connectivity index (χ3v) is 2.25. The molecule has 66 valence electrons. The molecule has 0 unspecified atom stereocenters. The van der Waals surface area contributed by atoms with E-state index in [2.05, 4.69) is 32.7 Å². The van der Waals surface area contributed by atoms with Crippen LogP contribution in [0.5, 0.6) is 0 Å². The second-order valence-electron chi connectivity index (χ2n) is 3.05. The fourth-order valence-electron chi connectivity index (χ4n) is 0.558. The Balaban J connectivity index is 4.05. The van der Waals surface area contributed by atoms with Crippen molar-refractivity contribution in [2.45, 2.75) is 39.7 Å². The van der Waals surface area contributed by atoms with Crippen molar-refractivity contribution in [2.75, 3.05) is 5.75 Å². The number of rotatable bonds is 3. The highest BCUT2D eigenvalue weighted by atomic mass is 32.2. The molecule has 0 fully saturated rings. The Morgan fingerprint density at radius 3 is 2.36 bits per heavy atom. The molecule has 0 atom stereocenters. The first-order chi connectivity index (χ1) is 5.02. The van der Waals surface area contributed by atoms with E-state index < -0.39 is 0 Å². The second kappa shape index (κ2) is 4.65. The predicted molar refractivity (Wildman–Crippen MR) is 54.1 cm³/mol. The lowest BCUT2D eigenvalue weighted by atomic mass is 10.0. The Morgan fingerprint density at radius 1 is 1.45 bits per heavy atom. The molecule has 0 spiro atoms. The minimum atomic E-state index is 0.00620. The number of thioether (sulfide) groups is 1. The van der Waals surface area contributed by atoms with Crippen molar-refractivity contribution in [3.8, 4) is 0 Å². The van der Waals surface area contributed by atoms with Gasteiger partial charge in [0.15, 0.2) is 5.17 Å². The summed E-state index contributed by atoms with van der Waals surface area (Å²) in [5.41, 5.74) is 5.67. The Hall–Kier alpha value is -0.180. The Kier molecular flexibility index (Phi) is 4.57. The zero-order valence-electron chi connectivity index (χ0n) is 7.85. The molecule has 0 bridgehead atoms. The van der Waals surface area contributed by atoms with Crippen LogP contribution in [0.1, 0.15) is 34.1 Å². The number of aliphatic imine (C=N–C) groups is 1. The van der Waals surface area contributed by atoms with Crippen molar-refractivity contribution in [3.05, 3.63) is 0 Å². The van der Waals surface area contributed by atoms with Gasteiger partial charge in [-0.15, -0.1) is 0 Å². The van der Waals surface area contributed by atoms with Gasteiger partial charge >= 0.3 is 0 Å². The molecule has 0 radical (unpaired) electrons. The molecule has 0 aliphatic rings. The fourth-order valence-corrected chi connectivity index (χ4v) is 1.16. The summed E-state index contributed by atoms with van der Waals surface area (Å²) in [6.45, 7) is 8.38. The molecule has 0 aromatic carbocycles. The van der Waals surface area contributed by atoms with Crippen molar-refractivity contribution in [2.24, 2.45) is 10.7 Å². The highest BCUT2D eigenvalue weighted by Crippen LogP contribution is 2.15. The van der Waals surface area contributed by atoms with Crippen LogP contribution in [0.25, 0.3) is 0 Å². The normalized spacial score (nSPS) is 13.6. The van der Waals surface area contributed by atoms with Crippen LogP contribution >= 0.6 is 11.8 Å². The summed E-state index contributed by atoms with van der Waals surface area (Å²) in [6, 6.07) is 0. The lowest BCUT2D eigenvalue weighted by Crippen LogP contribution is -2.20. The number of hydrogen-bond donors (Lipinski definition) is 1. The summed E-state index contributed by atoms with van der Waals surface area (Å²) in [7, 11) is 0. The number of nitrogens with zero attached hydrogens (tertiary/aromatic N) is 1. The molecule has 2 nitrogen and oxygen atoms in total. The van der Waals surface area contributed by atoms with Crippen molar-refractivity contribution in [1.29, 1.82) is 0 Å². The first-order valence-electron chi connectivity index (χ1n) is 4.00. The molecule has 0 rings (SSSR count). The van der Waals surface area contributed by atoms with E-state index in [1.165, 1.54) is 0 Å². The Morgan fingerprint density at radius 2 is 2.00 bits per heavy atom. The molecular formula is C8H18N2S. The SMILES string of the molecule is CCSC(N)=NC(C)(C)CC. The Labute approximate surface area is 73.7 Å². The minimum absolute atomic E-state index is 0.00620. The first kappa shape index (κ1) is 10.8. The number of amidine groups is 1. The van der Waals surface area contributed by atoms with E-state index in [1.54, 1.807) is 11.8 Å². The summed E-state index contributed by atoms with van der Waals surface area (Å²) in [5.74, 6) is 0.995. The monoisotopic (exact) mass is 174 g/mol. The maximum atomic E-state index is 5.66. The number of nitrogens with two attached hydrogens (primary N) is 1. The summed E-state index contributed by atoms with van der Waals surface area (Å²) < 4.78 is 0. The van der Waals surface area contributed by atoms with Gasteiger partial charge in [-0.25, -0.2) is 0 Å². The average molecular weight is 174 g/mol. The van der Waals surface area contributed by atoms with Crippen LogP contribution in [-0.2, 0) is 0 Å². The van der Waals surface area contributed by atoms with Crippen molar-refractivity contribution < 1.29 is 0 Å². The third kappa shape index (κ3) is 5.13. The van der Waals surface area contributed by atoms with E-state index in [-0.39, 0.29) is 5.54 Å². The summed E-state index contributed by atoms with van der Waals surface area (Å²) in [5, 5.41) is 0.708. The molecule has 0 amide bonds. The zero-order valence-corrected chi connectivity index (χ0v) is 8.66. The number of hydrogen-bond acceptors (Lipinski definition) is 2. The van der Waals surface area contributed by atoms with E-state index in [0.29, 0.717) is 5.17 Å². The van der Waals surface area contributed by atoms with Crippen LogP contribution in [0.4, 0.5) is 0 Å². The topological polar surface area (TPSA) is 38.4 Å². The van der Waals surface area contributed by atoms with Gasteiger partial charge in [-0.2, -0.15) is 0 Å². The molecule has 0 aromatic rings. The van der Waals surface area contributed by atoms with Crippen LogP contribution in [-0.4, -0.2) is 16.5 Å². The molecule has 0 aliphatic heterocycles. The standard InChI is InChI=1S/C8H18N2S/c1-5-8(3,4)10-7(9)11-6-2/h5-6H2,1-4H3,(H2,9,10). The predicted octanol–water partition coefficient (Wildman–Crippen LogP) is 2.24. The first-order valence-corrected chi connectivity index (χ1v) is 4.98. The summed E-state index contributed by atoms with van der Waals surface area (Å²) in [4.78, 5) is 4.37. The molecule has 0 aromatic heterocycles. The Bertz CT molecular complexity index is 141. The summed E-state index contributed by atoms with van der Waals surface area (Å²) in [6.07, 6.45) is 1.03. The van der Waals surface area contributed by atoms with Gasteiger partial charge in [0, 0.05) is 0 Å². The van der Waals surface area contributed by atoms with Crippen LogP contribution in [0, 0.1) is 0 Å². The highest BCUT2D eigenvalue weighted by molar-refractivity contribution is 8.13. The zero-order chi connectivity index (χ0) is 8.91. The van der Waals surface area contributed by atoms with Gasteiger partial charge in [-0.1, -0.05) is 25.6 Å². The van der Waals surface area contributed by atoms with Crippen molar-refractivity contribution in [1.82, 2.24) is 0 Å². The summed E-state index contributed by atoms with van der Waals surface area (Å²) >= 11 is 1.60. The van der Waals surface area contributed by atoms with Crippen LogP contribution in [0.15, 0.2) is 4.99 Å². The van der Waals surface area contributed by atoms with E-state index in [4.69, 9.17) is 5.73 Å². The maximum Gasteiger partial charge on any atom is 0.154 e. The van der Waals surface area contributed by atoms with Crippen LogP contribution < -0.4 is 5.73 Å². The molecule has 2 N–H and O–H groups in total. The van der Waals surface area contributed by atoms with Gasteiger partial charge in [-0.3, -0.25) is 4.99 Å². The largest absolute Gasteiger partial charge is 0.379 e. The third-order valence-electron chi connectivity index (χ3n) is 1.57. The van der Waals surface area contributed by atoms with E-state index in [9.17, 15) is 0 Å². The van der Waals surface area contributed by atoms with Gasteiger partial charge in [0.05, 0.1) is 5.54 Å². The van der Waals surface area contributed by atoms with Crippen molar-refractivity contribution >= 4 is 16.9 Å². The van der Waals surface area contributed by atoms with Gasteiger partial charge in [0.25, 0.3) is 0 Å². The highest BCUT2D eigenvalue weighted by Gasteiger charge is 2.12. The van der Waals surface area contributed by atoms with Crippen LogP contribution in [0.3, 0.4) is 0 Å². The maximum absolute atomic E-state index is 5.66. The van der Waals surface area contributed by atoms with Gasteiger partial charge in [0.1, 0.15) is 0 Å². The molecule has 0 saturated heterocycles. The van der Waals surface area contributed by atoms with E-state index in [0.717, 1.165) is 12.2 Å². The smallest absolute Gasteiger partial charge is 0.154 e. The van der Waals surface area contributed by atoms with Crippen LogP contribution in [0.2, 0.25) is 0 Å². The lowest BCUT2D eigenvalue weighted by molar-refractivity contribution is 0.506. The van der Waals surface area contributed by atoms with E-state index in [1.807, 2.05) is 0 Å². The van der Waals surface area contributed by atoms with Gasteiger partial charge in [-0.05, 0) is 26.0 Å².